The summed E-state index contributed by atoms with van der Waals surface area (Å²) < 4.78 is 0. The topological polar surface area (TPSA) is 75.5 Å². The van der Waals surface area contributed by atoms with Crippen LogP contribution in [-0.4, -0.2) is 23.9 Å². The van der Waals surface area contributed by atoms with E-state index in [-0.39, 0.29) is 18.0 Å². The highest BCUT2D eigenvalue weighted by atomic mass is 16.6. The summed E-state index contributed by atoms with van der Waals surface area (Å²) in [4.78, 5) is 25.0. The van der Waals surface area contributed by atoms with E-state index in [9.17, 15) is 14.9 Å². The van der Waals surface area contributed by atoms with Crippen molar-refractivity contribution in [2.24, 2.45) is 0 Å². The van der Waals surface area contributed by atoms with Crippen molar-refractivity contribution >= 4 is 23.0 Å². The van der Waals surface area contributed by atoms with Gasteiger partial charge in [0.2, 0.25) is 5.91 Å². The quantitative estimate of drug-likeness (QED) is 0.675. The minimum absolute atomic E-state index is 0.0228. The van der Waals surface area contributed by atoms with E-state index in [4.69, 9.17) is 0 Å². The summed E-state index contributed by atoms with van der Waals surface area (Å²) in [5, 5.41) is 13.8. The standard InChI is InChI=1S/C18H19N3O3/c22-18(13-14-5-1-2-6-17(14)21(23)24)19-15-7-9-16(10-8-15)20-11-3-4-12-20/h1-2,5-10H,3-4,11-13H2,(H,19,22). The van der Waals surface area contributed by atoms with Gasteiger partial charge in [0, 0.05) is 36.1 Å². The number of nitro benzene ring substituents is 1. The van der Waals surface area contributed by atoms with Crippen molar-refractivity contribution in [3.8, 4) is 0 Å². The number of hydrogen-bond donors (Lipinski definition) is 1. The first-order valence-corrected chi connectivity index (χ1v) is 8.00. The molecule has 1 aliphatic rings. The van der Waals surface area contributed by atoms with Crippen LogP contribution < -0.4 is 10.2 Å². The lowest BCUT2D eigenvalue weighted by Crippen LogP contribution is -2.18. The third kappa shape index (κ3) is 3.71. The lowest BCUT2D eigenvalue weighted by Gasteiger charge is -2.17. The number of nitrogens with zero attached hydrogens (tertiary/aromatic N) is 2. The first-order valence-electron chi connectivity index (χ1n) is 8.00. The molecular formula is C18H19N3O3. The summed E-state index contributed by atoms with van der Waals surface area (Å²) in [6.45, 7) is 2.15. The Balaban J connectivity index is 1.64. The third-order valence-electron chi connectivity index (χ3n) is 4.16. The van der Waals surface area contributed by atoms with Crippen LogP contribution in [0.1, 0.15) is 18.4 Å². The normalized spacial score (nSPS) is 13.8. The number of hydrogen-bond acceptors (Lipinski definition) is 4. The Morgan fingerprint density at radius 3 is 2.42 bits per heavy atom. The van der Waals surface area contributed by atoms with Gasteiger partial charge in [-0.2, -0.15) is 0 Å². The summed E-state index contributed by atoms with van der Waals surface area (Å²) in [6, 6.07) is 14.0. The monoisotopic (exact) mass is 325 g/mol. The van der Waals surface area contributed by atoms with Crippen LogP contribution in [0.4, 0.5) is 17.1 Å². The van der Waals surface area contributed by atoms with Crippen LogP contribution in [0.25, 0.3) is 0 Å². The van der Waals surface area contributed by atoms with Gasteiger partial charge in [0.1, 0.15) is 0 Å². The lowest BCUT2D eigenvalue weighted by atomic mass is 10.1. The van der Waals surface area contributed by atoms with Gasteiger partial charge in [-0.15, -0.1) is 0 Å². The highest BCUT2D eigenvalue weighted by Crippen LogP contribution is 2.23. The van der Waals surface area contributed by atoms with Crippen LogP contribution in [0.3, 0.4) is 0 Å². The minimum Gasteiger partial charge on any atom is -0.372 e. The zero-order valence-corrected chi connectivity index (χ0v) is 13.3. The first kappa shape index (κ1) is 16.0. The van der Waals surface area contributed by atoms with Crippen molar-refractivity contribution < 1.29 is 9.72 Å². The molecule has 0 radical (unpaired) electrons. The van der Waals surface area contributed by atoms with Crippen molar-refractivity contribution in [3.63, 3.8) is 0 Å². The number of benzene rings is 2. The number of nitro groups is 1. The number of nitrogens with one attached hydrogen (secondary N) is 1. The van der Waals surface area contributed by atoms with Crippen molar-refractivity contribution in [1.82, 2.24) is 0 Å². The molecule has 1 heterocycles. The lowest BCUT2D eigenvalue weighted by molar-refractivity contribution is -0.385. The maximum absolute atomic E-state index is 12.2. The number of amides is 1. The maximum atomic E-state index is 12.2. The van der Waals surface area contributed by atoms with Gasteiger partial charge in [0.25, 0.3) is 5.69 Å². The number of carbonyl (C=O) groups excluding carboxylic acids is 1. The van der Waals surface area contributed by atoms with Gasteiger partial charge >= 0.3 is 0 Å². The Morgan fingerprint density at radius 1 is 1.08 bits per heavy atom. The number of carbonyl (C=O) groups is 1. The van der Waals surface area contributed by atoms with E-state index in [0.717, 1.165) is 18.8 Å². The molecule has 0 unspecified atom stereocenters. The molecule has 0 atom stereocenters. The molecule has 0 saturated carbocycles. The molecule has 0 bridgehead atoms. The van der Waals surface area contributed by atoms with Crippen LogP contribution >= 0.6 is 0 Å². The van der Waals surface area contributed by atoms with Crippen LogP contribution in [0.15, 0.2) is 48.5 Å². The average molecular weight is 325 g/mol. The van der Waals surface area contributed by atoms with Crippen molar-refractivity contribution in [1.29, 1.82) is 0 Å². The molecule has 1 aliphatic heterocycles. The van der Waals surface area contributed by atoms with E-state index < -0.39 is 4.92 Å². The van der Waals surface area contributed by atoms with Gasteiger partial charge < -0.3 is 10.2 Å². The minimum atomic E-state index is -0.465. The fourth-order valence-electron chi connectivity index (χ4n) is 2.95. The summed E-state index contributed by atoms with van der Waals surface area (Å²) in [5.41, 5.74) is 2.23. The van der Waals surface area contributed by atoms with E-state index in [0.29, 0.717) is 11.3 Å². The average Bonchev–Trinajstić information content (AvgIpc) is 3.10. The van der Waals surface area contributed by atoms with E-state index in [2.05, 4.69) is 10.2 Å². The van der Waals surface area contributed by atoms with Crippen molar-refractivity contribution in [3.05, 3.63) is 64.2 Å². The summed E-state index contributed by atoms with van der Waals surface area (Å²) in [5.74, 6) is -0.266. The highest BCUT2D eigenvalue weighted by molar-refractivity contribution is 5.93. The SMILES string of the molecule is O=C(Cc1ccccc1[N+](=O)[O-])Nc1ccc(N2CCCC2)cc1. The van der Waals surface area contributed by atoms with Crippen LogP contribution in [0.2, 0.25) is 0 Å². The molecule has 1 amide bonds. The van der Waals surface area contributed by atoms with Gasteiger partial charge in [0.15, 0.2) is 0 Å². The molecule has 124 valence electrons. The third-order valence-corrected chi connectivity index (χ3v) is 4.16. The van der Waals surface area contributed by atoms with Gasteiger partial charge in [-0.05, 0) is 37.1 Å². The Labute approximate surface area is 140 Å². The Bertz CT molecular complexity index is 737. The van der Waals surface area contributed by atoms with E-state index >= 15 is 0 Å². The van der Waals surface area contributed by atoms with Gasteiger partial charge in [0.05, 0.1) is 11.3 Å². The largest absolute Gasteiger partial charge is 0.372 e. The van der Waals surface area contributed by atoms with Crippen LogP contribution in [-0.2, 0) is 11.2 Å². The fraction of sp³-hybridized carbons (Fsp3) is 0.278. The summed E-state index contributed by atoms with van der Waals surface area (Å²) in [6.07, 6.45) is 2.41. The Morgan fingerprint density at radius 2 is 1.75 bits per heavy atom. The van der Waals surface area contributed by atoms with Crippen molar-refractivity contribution in [2.75, 3.05) is 23.3 Å². The second kappa shape index (κ2) is 7.12. The molecule has 0 aromatic heterocycles. The van der Waals surface area contributed by atoms with E-state index in [1.165, 1.54) is 18.9 Å². The predicted octanol–water partition coefficient (Wildman–Crippen LogP) is 3.38. The molecule has 2 aromatic carbocycles. The zero-order valence-electron chi connectivity index (χ0n) is 13.3. The molecule has 6 nitrogen and oxygen atoms in total. The van der Waals surface area contributed by atoms with E-state index in [1.807, 2.05) is 24.3 Å². The molecule has 1 N–H and O–H groups in total. The smallest absolute Gasteiger partial charge is 0.273 e. The predicted molar refractivity (Wildman–Crippen MR) is 93.3 cm³/mol. The van der Waals surface area contributed by atoms with Gasteiger partial charge in [-0.3, -0.25) is 14.9 Å². The summed E-state index contributed by atoms with van der Waals surface area (Å²) in [7, 11) is 0. The fourth-order valence-corrected chi connectivity index (χ4v) is 2.95. The molecule has 6 heteroatoms. The second-order valence-electron chi connectivity index (χ2n) is 5.85. The molecule has 2 aromatic rings. The maximum Gasteiger partial charge on any atom is 0.273 e. The van der Waals surface area contributed by atoms with Crippen LogP contribution in [0, 0.1) is 10.1 Å². The second-order valence-corrected chi connectivity index (χ2v) is 5.85. The van der Waals surface area contributed by atoms with Crippen molar-refractivity contribution in [2.45, 2.75) is 19.3 Å². The molecule has 1 fully saturated rings. The summed E-state index contributed by atoms with van der Waals surface area (Å²) >= 11 is 0. The Hall–Kier alpha value is -2.89. The van der Waals surface area contributed by atoms with E-state index in [1.54, 1.807) is 18.2 Å². The molecule has 0 spiro atoms. The Kier molecular flexibility index (Phi) is 4.74. The molecule has 1 saturated heterocycles. The van der Waals surface area contributed by atoms with Gasteiger partial charge in [-0.1, -0.05) is 18.2 Å². The van der Waals surface area contributed by atoms with Gasteiger partial charge in [-0.25, -0.2) is 0 Å². The number of anilines is 2. The number of rotatable bonds is 5. The van der Waals surface area contributed by atoms with Crippen LogP contribution in [0.5, 0.6) is 0 Å². The highest BCUT2D eigenvalue weighted by Gasteiger charge is 2.16. The zero-order chi connectivity index (χ0) is 16.9. The molecular weight excluding hydrogens is 306 g/mol. The number of para-hydroxylation sites is 1. The first-order chi connectivity index (χ1) is 11.6. The molecule has 3 rings (SSSR count). The molecule has 0 aliphatic carbocycles. The molecule has 24 heavy (non-hydrogen) atoms.